The third-order valence-corrected chi connectivity index (χ3v) is 4.53. The first-order valence-electron chi connectivity index (χ1n) is 7.94. The Bertz CT molecular complexity index is 465. The van der Waals surface area contributed by atoms with Crippen LogP contribution in [0, 0.1) is 5.92 Å². The average molecular weight is 288 g/mol. The minimum absolute atomic E-state index is 0.170. The summed E-state index contributed by atoms with van der Waals surface area (Å²) < 4.78 is 0. The van der Waals surface area contributed by atoms with Crippen molar-refractivity contribution in [2.75, 3.05) is 32.7 Å². The van der Waals surface area contributed by atoms with E-state index in [2.05, 4.69) is 4.90 Å². The maximum absolute atomic E-state index is 12.3. The third-order valence-electron chi connectivity index (χ3n) is 4.53. The molecule has 4 nitrogen and oxygen atoms in total. The van der Waals surface area contributed by atoms with Gasteiger partial charge >= 0.3 is 0 Å². The Hall–Kier alpha value is -1.39. The van der Waals surface area contributed by atoms with E-state index in [-0.39, 0.29) is 12.0 Å². The van der Waals surface area contributed by atoms with Crippen LogP contribution in [-0.2, 0) is 11.2 Å². The highest BCUT2D eigenvalue weighted by atomic mass is 16.3. The Kier molecular flexibility index (Phi) is 4.56. The molecule has 1 heterocycles. The molecule has 2 aliphatic rings. The van der Waals surface area contributed by atoms with Gasteiger partial charge in [-0.1, -0.05) is 30.3 Å². The van der Waals surface area contributed by atoms with E-state index in [1.807, 2.05) is 35.2 Å². The van der Waals surface area contributed by atoms with Crippen LogP contribution in [0.25, 0.3) is 0 Å². The molecule has 1 aliphatic carbocycles. The summed E-state index contributed by atoms with van der Waals surface area (Å²) in [5, 5.41) is 9.99. The van der Waals surface area contributed by atoms with Gasteiger partial charge in [-0.3, -0.25) is 9.69 Å². The molecular weight excluding hydrogens is 264 g/mol. The van der Waals surface area contributed by atoms with Crippen LogP contribution in [0.1, 0.15) is 18.4 Å². The van der Waals surface area contributed by atoms with Crippen LogP contribution in [0.2, 0.25) is 0 Å². The quantitative estimate of drug-likeness (QED) is 0.884. The van der Waals surface area contributed by atoms with Crippen molar-refractivity contribution in [3.63, 3.8) is 0 Å². The molecule has 1 amide bonds. The standard InChI is InChI=1S/C17H24N2O2/c20-16(15-6-7-15)13-18-8-10-19(11-9-18)17(21)12-14-4-2-1-3-5-14/h1-5,15-16,20H,6-13H2/t16-/m0/s1. The molecule has 0 bridgehead atoms. The van der Waals surface area contributed by atoms with Crippen LogP contribution < -0.4 is 0 Å². The molecule has 21 heavy (non-hydrogen) atoms. The molecule has 0 radical (unpaired) electrons. The van der Waals surface area contributed by atoms with Gasteiger partial charge < -0.3 is 10.0 Å². The predicted molar refractivity (Wildman–Crippen MR) is 81.9 cm³/mol. The van der Waals surface area contributed by atoms with Crippen LogP contribution in [0.4, 0.5) is 0 Å². The molecule has 0 spiro atoms. The highest BCUT2D eigenvalue weighted by Crippen LogP contribution is 2.32. The molecule has 1 aliphatic heterocycles. The Balaban J connectivity index is 1.43. The first-order chi connectivity index (χ1) is 10.2. The zero-order valence-corrected chi connectivity index (χ0v) is 12.4. The zero-order valence-electron chi connectivity index (χ0n) is 12.4. The highest BCUT2D eigenvalue weighted by Gasteiger charge is 2.31. The number of aliphatic hydroxyl groups is 1. The lowest BCUT2D eigenvalue weighted by molar-refractivity contribution is -0.132. The van der Waals surface area contributed by atoms with Crippen molar-refractivity contribution < 1.29 is 9.90 Å². The maximum atomic E-state index is 12.3. The summed E-state index contributed by atoms with van der Waals surface area (Å²) in [5.41, 5.74) is 1.08. The fourth-order valence-corrected chi connectivity index (χ4v) is 2.96. The second-order valence-electron chi connectivity index (χ2n) is 6.25. The second-order valence-corrected chi connectivity index (χ2v) is 6.25. The minimum Gasteiger partial charge on any atom is -0.392 e. The van der Waals surface area contributed by atoms with Gasteiger partial charge in [-0.15, -0.1) is 0 Å². The van der Waals surface area contributed by atoms with Crippen LogP contribution in [0.3, 0.4) is 0 Å². The molecule has 1 atom stereocenters. The summed E-state index contributed by atoms with van der Waals surface area (Å²) in [6.07, 6.45) is 2.68. The molecule has 0 unspecified atom stereocenters. The maximum Gasteiger partial charge on any atom is 0.227 e. The number of benzene rings is 1. The van der Waals surface area contributed by atoms with Gasteiger partial charge in [0.15, 0.2) is 0 Å². The van der Waals surface area contributed by atoms with Crippen molar-refractivity contribution in [1.82, 2.24) is 9.80 Å². The normalized spacial score (nSPS) is 21.3. The number of carbonyl (C=O) groups excluding carboxylic acids is 1. The Morgan fingerprint density at radius 3 is 2.43 bits per heavy atom. The molecule has 1 saturated carbocycles. The van der Waals surface area contributed by atoms with Crippen molar-refractivity contribution in [2.45, 2.75) is 25.4 Å². The summed E-state index contributed by atoms with van der Waals surface area (Å²) in [4.78, 5) is 16.5. The summed E-state index contributed by atoms with van der Waals surface area (Å²) in [7, 11) is 0. The smallest absolute Gasteiger partial charge is 0.227 e. The number of rotatable bonds is 5. The summed E-state index contributed by atoms with van der Waals surface area (Å²) >= 11 is 0. The Labute approximate surface area is 126 Å². The van der Waals surface area contributed by atoms with Crippen LogP contribution in [-0.4, -0.2) is 59.6 Å². The first-order valence-corrected chi connectivity index (χ1v) is 7.94. The summed E-state index contributed by atoms with van der Waals surface area (Å²) in [6.45, 7) is 4.09. The van der Waals surface area contributed by atoms with Crippen LogP contribution >= 0.6 is 0 Å². The van der Waals surface area contributed by atoms with Gasteiger partial charge in [0, 0.05) is 32.7 Å². The number of aliphatic hydroxyl groups excluding tert-OH is 1. The van der Waals surface area contributed by atoms with Crippen molar-refractivity contribution in [2.24, 2.45) is 5.92 Å². The lowest BCUT2D eigenvalue weighted by atomic mass is 10.1. The van der Waals surface area contributed by atoms with E-state index in [4.69, 9.17) is 0 Å². The fraction of sp³-hybridized carbons (Fsp3) is 0.588. The van der Waals surface area contributed by atoms with Gasteiger partial charge in [0.25, 0.3) is 0 Å². The zero-order chi connectivity index (χ0) is 14.7. The molecule has 1 saturated heterocycles. The highest BCUT2D eigenvalue weighted by molar-refractivity contribution is 5.78. The van der Waals surface area contributed by atoms with E-state index in [0.29, 0.717) is 12.3 Å². The molecule has 2 fully saturated rings. The molecule has 1 N–H and O–H groups in total. The second kappa shape index (κ2) is 6.58. The SMILES string of the molecule is O=C(Cc1ccccc1)N1CCN(C[C@H](O)C2CC2)CC1. The fourth-order valence-electron chi connectivity index (χ4n) is 2.96. The molecule has 1 aromatic rings. The van der Waals surface area contributed by atoms with E-state index in [0.717, 1.165) is 38.3 Å². The average Bonchev–Trinajstić information content (AvgIpc) is 3.33. The lowest BCUT2D eigenvalue weighted by Crippen LogP contribution is -2.51. The van der Waals surface area contributed by atoms with Gasteiger partial charge in [0.05, 0.1) is 12.5 Å². The lowest BCUT2D eigenvalue weighted by Gasteiger charge is -2.35. The third kappa shape index (κ3) is 4.05. The van der Waals surface area contributed by atoms with E-state index < -0.39 is 0 Å². The minimum atomic E-state index is -0.170. The van der Waals surface area contributed by atoms with Gasteiger partial charge in [0.2, 0.25) is 5.91 Å². The van der Waals surface area contributed by atoms with Crippen molar-refractivity contribution in [3.05, 3.63) is 35.9 Å². The molecule has 4 heteroatoms. The van der Waals surface area contributed by atoms with E-state index in [1.165, 1.54) is 12.8 Å². The van der Waals surface area contributed by atoms with E-state index in [1.54, 1.807) is 0 Å². The molecule has 0 aromatic heterocycles. The largest absolute Gasteiger partial charge is 0.392 e. The van der Waals surface area contributed by atoms with E-state index in [9.17, 15) is 9.90 Å². The Morgan fingerprint density at radius 2 is 1.81 bits per heavy atom. The number of amides is 1. The molecule has 3 rings (SSSR count). The van der Waals surface area contributed by atoms with Gasteiger partial charge in [-0.25, -0.2) is 0 Å². The van der Waals surface area contributed by atoms with Gasteiger partial charge in [-0.05, 0) is 24.3 Å². The van der Waals surface area contributed by atoms with Crippen molar-refractivity contribution in [1.29, 1.82) is 0 Å². The van der Waals surface area contributed by atoms with Crippen molar-refractivity contribution in [3.8, 4) is 0 Å². The number of β-amino-alcohol motifs (C(OH)–C–C–N with tert-alkyl or cyclic N) is 1. The number of carbonyl (C=O) groups is 1. The van der Waals surface area contributed by atoms with E-state index >= 15 is 0 Å². The number of hydrogen-bond acceptors (Lipinski definition) is 3. The van der Waals surface area contributed by atoms with Crippen LogP contribution in [0.15, 0.2) is 30.3 Å². The number of piperazine rings is 1. The first kappa shape index (κ1) is 14.5. The Morgan fingerprint density at radius 1 is 1.14 bits per heavy atom. The monoisotopic (exact) mass is 288 g/mol. The number of nitrogens with zero attached hydrogens (tertiary/aromatic N) is 2. The molecular formula is C17H24N2O2. The van der Waals surface area contributed by atoms with Gasteiger partial charge in [0.1, 0.15) is 0 Å². The predicted octanol–water partition coefficient (Wildman–Crippen LogP) is 1.14. The van der Waals surface area contributed by atoms with Crippen LogP contribution in [0.5, 0.6) is 0 Å². The molecule has 114 valence electrons. The molecule has 1 aromatic carbocycles. The van der Waals surface area contributed by atoms with Crippen molar-refractivity contribution >= 4 is 5.91 Å². The topological polar surface area (TPSA) is 43.8 Å². The van der Waals surface area contributed by atoms with Gasteiger partial charge in [-0.2, -0.15) is 0 Å². The number of hydrogen-bond donors (Lipinski definition) is 1. The summed E-state index contributed by atoms with van der Waals surface area (Å²) in [5.74, 6) is 0.742. The summed E-state index contributed by atoms with van der Waals surface area (Å²) in [6, 6.07) is 9.91.